The average molecular weight is 1540 g/mol. The van der Waals surface area contributed by atoms with E-state index in [1.807, 2.05) is 74.8 Å². The van der Waals surface area contributed by atoms with Gasteiger partial charge in [0.15, 0.2) is 0 Å². The van der Waals surface area contributed by atoms with Crippen molar-refractivity contribution >= 4 is 59.1 Å². The number of nitrogens with zero attached hydrogens (tertiary/aromatic N) is 12. The summed E-state index contributed by atoms with van der Waals surface area (Å²) in [5.74, 6) is -5.04. The number of carbonyl (C=O) groups excluding carboxylic acids is 10. The molecule has 10 heterocycles. The van der Waals surface area contributed by atoms with Crippen LogP contribution in [-0.2, 0) is 86.8 Å². The molecular weight excluding hydrogens is 1430 g/mol. The monoisotopic (exact) mass is 1540 g/mol. The van der Waals surface area contributed by atoms with Crippen LogP contribution in [0.2, 0.25) is 0 Å². The zero-order valence-corrected chi connectivity index (χ0v) is 65.6. The van der Waals surface area contributed by atoms with Crippen molar-refractivity contribution in [2.24, 2.45) is 11.8 Å². The molecule has 8 aliphatic rings. The van der Waals surface area contributed by atoms with Gasteiger partial charge in [-0.05, 0) is 100 Å². The average Bonchev–Trinajstić information content (AvgIpc) is 1.65. The highest BCUT2D eigenvalue weighted by Crippen LogP contribution is 2.32. The Morgan fingerprint density at radius 3 is 1.17 bits per heavy atom. The fourth-order valence-corrected chi connectivity index (χ4v) is 14.6. The van der Waals surface area contributed by atoms with Gasteiger partial charge in [0.25, 0.3) is 0 Å². The summed E-state index contributed by atoms with van der Waals surface area (Å²) < 4.78 is 15.8. The van der Waals surface area contributed by atoms with Crippen molar-refractivity contribution in [3.63, 3.8) is 0 Å². The van der Waals surface area contributed by atoms with Gasteiger partial charge in [0.2, 0.25) is 59.1 Å². The molecule has 14 rings (SSSR count). The van der Waals surface area contributed by atoms with E-state index in [9.17, 15) is 19.2 Å². The van der Waals surface area contributed by atoms with Gasteiger partial charge >= 0.3 is 0 Å². The molecule has 4 aromatic carbocycles. The van der Waals surface area contributed by atoms with Gasteiger partial charge in [-0.1, -0.05) is 123 Å². The highest BCUT2D eigenvalue weighted by atomic mass is 16.5. The number of carbonyl (C=O) groups is 10. The number of benzene rings is 4. The molecule has 4 saturated heterocycles. The minimum absolute atomic E-state index is 0.0116. The zero-order valence-electron chi connectivity index (χ0n) is 65.6. The zero-order chi connectivity index (χ0) is 79.9. The third-order valence-electron chi connectivity index (χ3n) is 21.9. The number of ether oxygens (including phenoxy) is 2. The Morgan fingerprint density at radius 1 is 0.473 bits per heavy atom. The molecule has 112 heavy (non-hydrogen) atoms. The van der Waals surface area contributed by atoms with E-state index in [1.54, 1.807) is 136 Å². The lowest BCUT2D eigenvalue weighted by molar-refractivity contribution is -0.143. The van der Waals surface area contributed by atoms with Crippen LogP contribution in [-0.4, -0.2) is 273 Å². The lowest BCUT2D eigenvalue weighted by atomic mass is 10.0. The van der Waals surface area contributed by atoms with Gasteiger partial charge in [0, 0.05) is 104 Å². The van der Waals surface area contributed by atoms with Gasteiger partial charge in [-0.2, -0.15) is 0 Å². The van der Waals surface area contributed by atoms with Crippen molar-refractivity contribution in [1.29, 1.82) is 0 Å². The highest BCUT2D eigenvalue weighted by Gasteiger charge is 2.48. The van der Waals surface area contributed by atoms with E-state index >= 15 is 28.8 Å². The minimum atomic E-state index is -1.26. The number of likely N-dealkylation sites (tertiary alicyclic amines) is 2. The molecule has 2 aromatic heterocycles. The fourth-order valence-electron chi connectivity index (χ4n) is 14.6. The third kappa shape index (κ3) is 21.1. The predicted octanol–water partition coefficient (Wildman–Crippen LogP) is 0.580. The molecule has 0 spiro atoms. The SMILES string of the molecule is CN[C@@H](C)C(=O)N[C@H](C(=O)N1C[C@@H]2C[C@H]1C(=O)N[C@@H](Cc1ccccc1)C(=O)N[C@H](C(=O)N1CCN(C)CC1)Cc1ccc(cc1)OCc1cn(nn1)[C@H]1C[C@@H](C(=O)N[C@@H](Cc3ccccc3)C(=O)N[C@H](C(=O)N3CCN(C)CC3)Cc3ccc(cc3)OCc3cn2nn3)N(C(=O)[C@@H](NC(=O)[C@H](C)NC)C(C)C)C1)C(C)C. The molecule has 0 aliphatic carbocycles. The number of aromatic nitrogens is 6. The molecule has 0 unspecified atom stereocenters. The summed E-state index contributed by atoms with van der Waals surface area (Å²) in [6.07, 6.45) is 3.53. The smallest absolute Gasteiger partial charge is 0.246 e. The van der Waals surface area contributed by atoms with Crippen LogP contribution in [0, 0.1) is 11.8 Å². The lowest BCUT2D eigenvalue weighted by Gasteiger charge is -2.35. The number of hydrogen-bond donors (Lipinski definition) is 8. The summed E-state index contributed by atoms with van der Waals surface area (Å²) >= 11 is 0. The van der Waals surface area contributed by atoms with Crippen LogP contribution >= 0.6 is 0 Å². The van der Waals surface area contributed by atoms with E-state index < -0.39 is 132 Å². The van der Waals surface area contributed by atoms with Gasteiger partial charge in [-0.3, -0.25) is 47.9 Å². The Labute approximate surface area is 653 Å². The number of likely N-dealkylation sites (N-methyl/N-ethyl adjacent to an activating group) is 4. The molecule has 10 amide bonds. The van der Waals surface area contributed by atoms with Gasteiger partial charge < -0.3 is 81.4 Å². The Bertz CT molecular complexity index is 3960. The van der Waals surface area contributed by atoms with Crippen molar-refractivity contribution in [2.75, 3.05) is 93.6 Å². The van der Waals surface area contributed by atoms with Crippen LogP contribution in [0.1, 0.15) is 100 Å². The van der Waals surface area contributed by atoms with Crippen LogP contribution in [0.5, 0.6) is 11.5 Å². The molecule has 4 fully saturated rings. The molecule has 12 bridgehead atoms. The Balaban J connectivity index is 0.934. The second kappa shape index (κ2) is 38.0. The normalized spacial score (nSPS) is 23.2. The third-order valence-corrected chi connectivity index (χ3v) is 21.9. The topological polar surface area (TPSA) is 366 Å². The molecule has 6 aromatic rings. The number of piperazine rings is 2. The standard InChI is InChI=1S/C80H108N20O12/c1-49(2)69(87-71(101)51(5)81-7)79(109)97-45-59-41-67(97)75(105)83-63(37-53-17-13-11-14-18-53)73(103)85-65(77(107)95-33-29-93(9)30-34-95)39-55-23-27-62(28-24-55)112-48-58-44-100(92-90-58)60-42-68(98(46-60)80(110)70(50(3)4)88-72(102)52(6)82-8)76(106)84-64(38-54-19-15-12-16-20-54)74(104)86-66(78(108)96-35-31-94(10)32-36-96)40-56-21-25-61(26-22-56)111-47-57-43-99(59)91-89-57/h11-28,43-44,49-52,59-60,63-70,81-82H,29-42,45-48H2,1-10H3,(H,83,105)(H,84,106)(H,85,103)(H,86,104)(H,87,101)(H,88,102)/t51-,52-,59-,60-,63-,64-,65-,66-,67-,68-,69-,70-/m0/s1. The van der Waals surface area contributed by atoms with E-state index in [0.29, 0.717) is 97.5 Å². The summed E-state index contributed by atoms with van der Waals surface area (Å²) in [5.41, 5.74) is 3.59. The maximum absolute atomic E-state index is 15.4. The van der Waals surface area contributed by atoms with Crippen LogP contribution in [0.3, 0.4) is 0 Å². The predicted molar refractivity (Wildman–Crippen MR) is 414 cm³/mol. The number of hydrogen-bond acceptors (Lipinski definition) is 20. The van der Waals surface area contributed by atoms with E-state index in [1.165, 1.54) is 9.80 Å². The fraction of sp³-hybridized carbons (Fsp3) is 0.525. The molecule has 12 atom stereocenters. The van der Waals surface area contributed by atoms with E-state index in [2.05, 4.69) is 73.0 Å². The molecule has 600 valence electrons. The van der Waals surface area contributed by atoms with Crippen molar-refractivity contribution in [3.8, 4) is 11.5 Å². The van der Waals surface area contributed by atoms with Crippen LogP contribution in [0.4, 0.5) is 0 Å². The molecule has 32 heteroatoms. The van der Waals surface area contributed by atoms with Crippen molar-refractivity contribution in [2.45, 2.75) is 166 Å². The van der Waals surface area contributed by atoms with Gasteiger partial charge in [0.1, 0.15) is 84.4 Å². The molecule has 0 radical (unpaired) electrons. The Morgan fingerprint density at radius 2 is 0.830 bits per heavy atom. The highest BCUT2D eigenvalue weighted by molar-refractivity contribution is 5.98. The van der Waals surface area contributed by atoms with Crippen molar-refractivity contribution in [3.05, 3.63) is 155 Å². The molecule has 8 N–H and O–H groups in total. The van der Waals surface area contributed by atoms with Gasteiger partial charge in [-0.15, -0.1) is 10.2 Å². The number of amides is 10. The Hall–Kier alpha value is -10.7. The first-order valence-corrected chi connectivity index (χ1v) is 38.8. The maximum Gasteiger partial charge on any atom is 0.246 e. The van der Waals surface area contributed by atoms with Gasteiger partial charge in [-0.25, -0.2) is 9.36 Å². The van der Waals surface area contributed by atoms with E-state index in [0.717, 1.165) is 0 Å². The van der Waals surface area contributed by atoms with Crippen molar-refractivity contribution < 1.29 is 57.4 Å². The first kappa shape index (κ1) is 82.3. The van der Waals surface area contributed by atoms with Crippen LogP contribution in [0.25, 0.3) is 0 Å². The van der Waals surface area contributed by atoms with Crippen LogP contribution in [0.15, 0.2) is 122 Å². The minimum Gasteiger partial charge on any atom is -0.487 e. The molecule has 32 nitrogen and oxygen atoms in total. The van der Waals surface area contributed by atoms with Crippen LogP contribution < -0.4 is 52.0 Å². The summed E-state index contributed by atoms with van der Waals surface area (Å²) in [6.45, 7) is 14.5. The Kier molecular flexibility index (Phi) is 27.9. The van der Waals surface area contributed by atoms with E-state index in [-0.39, 0.29) is 76.6 Å². The lowest BCUT2D eigenvalue weighted by Crippen LogP contribution is -2.60. The molecule has 0 saturated carbocycles. The quantitative estimate of drug-likeness (QED) is 0.0657. The summed E-state index contributed by atoms with van der Waals surface area (Å²) in [6, 6.07) is 20.6. The summed E-state index contributed by atoms with van der Waals surface area (Å²) in [7, 11) is 7.22. The summed E-state index contributed by atoms with van der Waals surface area (Å²) in [5, 5.41) is 41.7. The first-order chi connectivity index (χ1) is 53.8. The van der Waals surface area contributed by atoms with Gasteiger partial charge in [0.05, 0.1) is 36.6 Å². The van der Waals surface area contributed by atoms with Crippen molar-refractivity contribution in [1.82, 2.24) is 102 Å². The molecule has 8 aliphatic heterocycles. The second-order valence-electron chi connectivity index (χ2n) is 30.8. The summed E-state index contributed by atoms with van der Waals surface area (Å²) in [4.78, 5) is 159. The van der Waals surface area contributed by atoms with E-state index in [4.69, 9.17) is 9.47 Å². The first-order valence-electron chi connectivity index (χ1n) is 38.8. The maximum atomic E-state index is 15.4. The second-order valence-corrected chi connectivity index (χ2v) is 30.8. The number of nitrogens with one attached hydrogen (secondary N) is 8. The number of rotatable bonds is 16. The molecular formula is C80H108N20O12. The largest absolute Gasteiger partial charge is 0.487 e.